The summed E-state index contributed by atoms with van der Waals surface area (Å²) in [6.45, 7) is 2.71. The number of hydrogen-bond donors (Lipinski definition) is 1. The summed E-state index contributed by atoms with van der Waals surface area (Å²) in [5, 5.41) is 10.4. The molecule has 1 aromatic rings. The predicted octanol–water partition coefficient (Wildman–Crippen LogP) is 2.90. The molecule has 0 aromatic heterocycles. The van der Waals surface area contributed by atoms with Crippen LogP contribution < -0.4 is 4.90 Å². The van der Waals surface area contributed by atoms with E-state index in [0.717, 1.165) is 31.6 Å². The fourth-order valence-corrected chi connectivity index (χ4v) is 4.92. The minimum absolute atomic E-state index is 0.000741. The zero-order chi connectivity index (χ0) is 18.3. The molecule has 6 heteroatoms. The molecular formula is C20H23ClN2O3. The quantitative estimate of drug-likeness (QED) is 0.826. The monoisotopic (exact) mass is 374 g/mol. The van der Waals surface area contributed by atoms with Gasteiger partial charge in [0.15, 0.2) is 0 Å². The van der Waals surface area contributed by atoms with Gasteiger partial charge in [-0.3, -0.25) is 9.59 Å². The Morgan fingerprint density at radius 3 is 2.23 bits per heavy atom. The number of carboxylic acids is 1. The summed E-state index contributed by atoms with van der Waals surface area (Å²) < 4.78 is 0. The molecule has 4 aliphatic rings. The van der Waals surface area contributed by atoms with Crippen LogP contribution >= 0.6 is 11.6 Å². The van der Waals surface area contributed by atoms with Crippen LogP contribution in [0.5, 0.6) is 0 Å². The van der Waals surface area contributed by atoms with Crippen molar-refractivity contribution in [1.29, 1.82) is 0 Å². The molecule has 0 spiro atoms. The Labute approximate surface area is 158 Å². The summed E-state index contributed by atoms with van der Waals surface area (Å²) in [6.07, 6.45) is 5.88. The summed E-state index contributed by atoms with van der Waals surface area (Å²) in [6, 6.07) is 7.74. The SMILES string of the molecule is O=C(O)C1C2C=CC(CC2)C1C(=O)N1CCN(c2cccc(Cl)c2)CC1. The first kappa shape index (κ1) is 17.4. The van der Waals surface area contributed by atoms with Crippen molar-refractivity contribution in [2.45, 2.75) is 12.8 Å². The number of piperazine rings is 1. The minimum atomic E-state index is -0.833. The van der Waals surface area contributed by atoms with E-state index in [9.17, 15) is 14.7 Å². The highest BCUT2D eigenvalue weighted by molar-refractivity contribution is 6.30. The van der Waals surface area contributed by atoms with Crippen molar-refractivity contribution in [2.75, 3.05) is 31.1 Å². The second-order valence-corrected chi connectivity index (χ2v) is 7.91. The zero-order valence-corrected chi connectivity index (χ0v) is 15.3. The van der Waals surface area contributed by atoms with Gasteiger partial charge in [-0.05, 0) is 42.9 Å². The van der Waals surface area contributed by atoms with Gasteiger partial charge >= 0.3 is 5.97 Å². The number of halogens is 1. The number of nitrogens with zero attached hydrogens (tertiary/aromatic N) is 2. The Balaban J connectivity index is 1.45. The smallest absolute Gasteiger partial charge is 0.307 e. The molecule has 2 bridgehead atoms. The number of aliphatic carboxylic acids is 1. The molecule has 1 aliphatic heterocycles. The molecule has 3 aliphatic carbocycles. The molecule has 2 fully saturated rings. The summed E-state index contributed by atoms with van der Waals surface area (Å²) >= 11 is 6.07. The highest BCUT2D eigenvalue weighted by atomic mass is 35.5. The standard InChI is InChI=1S/C20H23ClN2O3/c21-15-2-1-3-16(12-15)22-8-10-23(11-9-22)19(24)17-13-4-6-14(7-5-13)18(17)20(25)26/h1-4,6,12-14,17-18H,5,7-11H2,(H,25,26). The maximum Gasteiger partial charge on any atom is 0.307 e. The maximum atomic E-state index is 13.1. The average Bonchev–Trinajstić information content (AvgIpc) is 2.67. The van der Waals surface area contributed by atoms with E-state index in [1.807, 2.05) is 35.2 Å². The van der Waals surface area contributed by atoms with Crippen molar-refractivity contribution in [3.63, 3.8) is 0 Å². The summed E-state index contributed by atoms with van der Waals surface area (Å²) in [7, 11) is 0. The number of fused-ring (bicyclic) bond motifs is 2. The van der Waals surface area contributed by atoms with Crippen molar-refractivity contribution in [1.82, 2.24) is 4.90 Å². The molecular weight excluding hydrogens is 352 g/mol. The Bertz CT molecular complexity index is 742. The molecule has 4 atom stereocenters. The van der Waals surface area contributed by atoms with Crippen LogP contribution in [0.25, 0.3) is 0 Å². The lowest BCUT2D eigenvalue weighted by atomic mass is 9.62. The summed E-state index contributed by atoms with van der Waals surface area (Å²) in [5.41, 5.74) is 1.06. The lowest BCUT2D eigenvalue weighted by Crippen LogP contribution is -2.55. The first-order valence-corrected chi connectivity index (χ1v) is 9.63. The minimum Gasteiger partial charge on any atom is -0.481 e. The van der Waals surface area contributed by atoms with Crippen LogP contribution in [-0.2, 0) is 9.59 Å². The van der Waals surface area contributed by atoms with Crippen molar-refractivity contribution in [3.05, 3.63) is 41.4 Å². The van der Waals surface area contributed by atoms with Crippen molar-refractivity contribution >= 4 is 29.2 Å². The van der Waals surface area contributed by atoms with Gasteiger partial charge < -0.3 is 14.9 Å². The van der Waals surface area contributed by atoms with E-state index < -0.39 is 17.8 Å². The number of carbonyl (C=O) groups is 2. The third kappa shape index (κ3) is 3.09. The molecule has 1 saturated carbocycles. The van der Waals surface area contributed by atoms with E-state index in [4.69, 9.17) is 11.6 Å². The van der Waals surface area contributed by atoms with Crippen LogP contribution in [0.3, 0.4) is 0 Å². The van der Waals surface area contributed by atoms with Gasteiger partial charge in [-0.15, -0.1) is 0 Å². The number of benzene rings is 1. The van der Waals surface area contributed by atoms with Crippen LogP contribution in [0, 0.1) is 23.7 Å². The van der Waals surface area contributed by atoms with Crippen LogP contribution in [0.15, 0.2) is 36.4 Å². The number of anilines is 1. The van der Waals surface area contributed by atoms with E-state index in [0.29, 0.717) is 18.1 Å². The Kier molecular flexibility index (Phi) is 4.65. The van der Waals surface area contributed by atoms with Gasteiger partial charge in [0, 0.05) is 36.9 Å². The third-order valence-corrected chi connectivity index (χ3v) is 6.32. The predicted molar refractivity (Wildman–Crippen MR) is 100 cm³/mol. The van der Waals surface area contributed by atoms with E-state index in [2.05, 4.69) is 11.0 Å². The van der Waals surface area contributed by atoms with Gasteiger partial charge in [-0.1, -0.05) is 29.8 Å². The largest absolute Gasteiger partial charge is 0.481 e. The maximum absolute atomic E-state index is 13.1. The second-order valence-electron chi connectivity index (χ2n) is 7.47. The van der Waals surface area contributed by atoms with Gasteiger partial charge in [0.25, 0.3) is 0 Å². The van der Waals surface area contributed by atoms with Gasteiger partial charge in [-0.2, -0.15) is 0 Å². The fourth-order valence-electron chi connectivity index (χ4n) is 4.74. The highest BCUT2D eigenvalue weighted by Gasteiger charge is 2.49. The van der Waals surface area contributed by atoms with Crippen LogP contribution in [0.1, 0.15) is 12.8 Å². The van der Waals surface area contributed by atoms with Gasteiger partial charge in [-0.25, -0.2) is 0 Å². The van der Waals surface area contributed by atoms with Gasteiger partial charge in [0.1, 0.15) is 0 Å². The Morgan fingerprint density at radius 2 is 1.65 bits per heavy atom. The molecule has 138 valence electrons. The van der Waals surface area contributed by atoms with Crippen molar-refractivity contribution in [3.8, 4) is 0 Å². The number of hydrogen-bond acceptors (Lipinski definition) is 3. The molecule has 0 radical (unpaired) electrons. The van der Waals surface area contributed by atoms with Crippen LogP contribution in [-0.4, -0.2) is 48.1 Å². The molecule has 5 nitrogen and oxygen atoms in total. The molecule has 1 aromatic carbocycles. The molecule has 1 heterocycles. The van der Waals surface area contributed by atoms with E-state index in [1.54, 1.807) is 0 Å². The van der Waals surface area contributed by atoms with Crippen LogP contribution in [0.2, 0.25) is 5.02 Å². The Morgan fingerprint density at radius 1 is 1.00 bits per heavy atom. The fraction of sp³-hybridized carbons (Fsp3) is 0.500. The lowest BCUT2D eigenvalue weighted by Gasteiger charge is -2.45. The number of carboxylic acid groups (broad SMARTS) is 1. The van der Waals surface area contributed by atoms with Gasteiger partial charge in [0.2, 0.25) is 5.91 Å². The average molecular weight is 375 g/mol. The summed E-state index contributed by atoms with van der Waals surface area (Å²) in [4.78, 5) is 29.0. The van der Waals surface area contributed by atoms with E-state index >= 15 is 0 Å². The number of carbonyl (C=O) groups excluding carboxylic acids is 1. The number of amides is 1. The van der Waals surface area contributed by atoms with Crippen LogP contribution in [0.4, 0.5) is 5.69 Å². The van der Waals surface area contributed by atoms with Gasteiger partial charge in [0.05, 0.1) is 11.8 Å². The first-order valence-electron chi connectivity index (χ1n) is 9.25. The molecule has 1 saturated heterocycles. The van der Waals surface area contributed by atoms with Crippen molar-refractivity contribution < 1.29 is 14.7 Å². The second kappa shape index (κ2) is 6.95. The first-order chi connectivity index (χ1) is 12.5. The lowest BCUT2D eigenvalue weighted by molar-refractivity contribution is -0.156. The number of rotatable bonds is 3. The number of allylic oxidation sites excluding steroid dienone is 2. The van der Waals surface area contributed by atoms with E-state index in [-0.39, 0.29) is 17.7 Å². The third-order valence-electron chi connectivity index (χ3n) is 6.08. The Hall–Kier alpha value is -2.01. The highest BCUT2D eigenvalue weighted by Crippen LogP contribution is 2.45. The van der Waals surface area contributed by atoms with Crippen molar-refractivity contribution in [2.24, 2.45) is 23.7 Å². The molecule has 5 rings (SSSR count). The molecule has 4 unspecified atom stereocenters. The summed E-state index contributed by atoms with van der Waals surface area (Å²) in [5.74, 6) is -1.73. The van der Waals surface area contributed by atoms with E-state index in [1.165, 1.54) is 0 Å². The molecule has 1 amide bonds. The molecule has 26 heavy (non-hydrogen) atoms. The molecule has 1 N–H and O–H groups in total. The zero-order valence-electron chi connectivity index (χ0n) is 14.6. The normalized spacial score (nSPS) is 30.5. The topological polar surface area (TPSA) is 60.9 Å².